The van der Waals surface area contributed by atoms with Gasteiger partial charge in [-0.05, 0) is 0 Å². The van der Waals surface area contributed by atoms with Gasteiger partial charge in [0.1, 0.15) is 0 Å². The first kappa shape index (κ1) is 12.8. The van der Waals surface area contributed by atoms with E-state index in [2.05, 4.69) is 40.5 Å². The molecule has 110 valence electrons. The second kappa shape index (κ2) is 4.87. The number of nitrogens with one attached hydrogen (secondary N) is 2. The zero-order valence-corrected chi connectivity index (χ0v) is 13.5. The maximum absolute atomic E-state index is 4.68. The number of H-pyrrole nitrogens is 2. The summed E-state index contributed by atoms with van der Waals surface area (Å²) >= 11 is -0.129. The van der Waals surface area contributed by atoms with E-state index in [9.17, 15) is 0 Å². The normalized spacial score (nSPS) is 11.5. The molecule has 0 saturated heterocycles. The van der Waals surface area contributed by atoms with Crippen molar-refractivity contribution in [2.75, 3.05) is 0 Å². The number of rotatable bonds is 2. The zero-order chi connectivity index (χ0) is 15.2. The van der Waals surface area contributed by atoms with Crippen molar-refractivity contribution in [3.05, 3.63) is 48.8 Å². The Morgan fingerprint density at radius 2 is 1.22 bits per heavy atom. The van der Waals surface area contributed by atoms with Crippen LogP contribution in [0.25, 0.3) is 44.3 Å². The van der Waals surface area contributed by atoms with Gasteiger partial charge in [0.15, 0.2) is 0 Å². The van der Waals surface area contributed by atoms with E-state index in [1.165, 1.54) is 0 Å². The Bertz CT molecular complexity index is 1020. The van der Waals surface area contributed by atoms with Crippen LogP contribution in [0, 0.1) is 0 Å². The molecule has 0 aliphatic rings. The number of hydrogen-bond acceptors (Lipinski definition) is 4. The van der Waals surface area contributed by atoms with Crippen LogP contribution in [0.5, 0.6) is 0 Å². The Morgan fingerprint density at radius 3 is 1.65 bits per heavy atom. The molecule has 3 heterocycles. The molecule has 0 aliphatic heterocycles. The molecule has 6 nitrogen and oxygen atoms in total. The summed E-state index contributed by atoms with van der Waals surface area (Å²) in [7, 11) is 0. The number of aromatic amines is 2. The van der Waals surface area contributed by atoms with Gasteiger partial charge in [-0.3, -0.25) is 0 Å². The van der Waals surface area contributed by atoms with E-state index in [0.29, 0.717) is 0 Å². The number of nitrogens with zero attached hydrogens (tertiary/aromatic N) is 4. The van der Waals surface area contributed by atoms with Gasteiger partial charge < -0.3 is 0 Å². The fraction of sp³-hybridized carbons (Fsp3) is 0. The van der Waals surface area contributed by atoms with Gasteiger partial charge in [-0.25, -0.2) is 0 Å². The van der Waals surface area contributed by atoms with Gasteiger partial charge in [-0.1, -0.05) is 0 Å². The van der Waals surface area contributed by atoms with Crippen LogP contribution in [0.2, 0.25) is 0 Å². The molecule has 0 spiro atoms. The van der Waals surface area contributed by atoms with Crippen molar-refractivity contribution in [1.29, 1.82) is 0 Å². The molecule has 0 radical (unpaired) electrons. The van der Waals surface area contributed by atoms with Crippen LogP contribution in [0.1, 0.15) is 0 Å². The van der Waals surface area contributed by atoms with E-state index in [1.807, 2.05) is 36.7 Å². The Kier molecular flexibility index (Phi) is 2.70. The zero-order valence-electron chi connectivity index (χ0n) is 11.8. The molecule has 2 aromatic carbocycles. The van der Waals surface area contributed by atoms with Gasteiger partial charge in [0, 0.05) is 0 Å². The summed E-state index contributed by atoms with van der Waals surface area (Å²) in [6, 6.07) is 12.2. The first-order chi connectivity index (χ1) is 11.4. The fourth-order valence-electron chi connectivity index (χ4n) is 3.01. The summed E-state index contributed by atoms with van der Waals surface area (Å²) in [6.45, 7) is 0. The molecule has 7 heteroatoms. The summed E-state index contributed by atoms with van der Waals surface area (Å²) in [5, 5.41) is 16.8. The Balaban J connectivity index is 2.04. The summed E-state index contributed by atoms with van der Waals surface area (Å²) < 4.78 is 9.36. The monoisotopic (exact) mass is 366 g/mol. The van der Waals surface area contributed by atoms with E-state index >= 15 is 0 Å². The van der Waals surface area contributed by atoms with Gasteiger partial charge in [-0.15, -0.1) is 0 Å². The third kappa shape index (κ3) is 1.81. The van der Waals surface area contributed by atoms with E-state index in [-0.39, 0.29) is 15.0 Å². The quantitative estimate of drug-likeness (QED) is 0.471. The van der Waals surface area contributed by atoms with Crippen LogP contribution in [0.3, 0.4) is 0 Å². The molecular weight excluding hydrogens is 355 g/mol. The van der Waals surface area contributed by atoms with Gasteiger partial charge in [0.05, 0.1) is 0 Å². The van der Waals surface area contributed by atoms with Crippen molar-refractivity contribution < 1.29 is 0 Å². The molecule has 0 atom stereocenters. The minimum atomic E-state index is -0.129. The molecular formula is C16H10N6Se. The van der Waals surface area contributed by atoms with Crippen molar-refractivity contribution in [3.8, 4) is 22.5 Å². The van der Waals surface area contributed by atoms with E-state index in [1.54, 1.807) is 0 Å². The minimum absolute atomic E-state index is 0.129. The van der Waals surface area contributed by atoms with Crippen molar-refractivity contribution in [1.82, 2.24) is 28.4 Å². The first-order valence-electron chi connectivity index (χ1n) is 7.11. The summed E-state index contributed by atoms with van der Waals surface area (Å²) in [6.07, 6.45) is 3.66. The topological polar surface area (TPSA) is 83.1 Å². The second-order valence-corrected chi connectivity index (χ2v) is 6.28. The van der Waals surface area contributed by atoms with Crippen LogP contribution in [-0.4, -0.2) is 43.3 Å². The molecule has 0 fully saturated rings. The third-order valence-corrected chi connectivity index (χ3v) is 5.05. The number of benzene rings is 2. The van der Waals surface area contributed by atoms with Crippen LogP contribution < -0.4 is 0 Å². The first-order valence-corrected chi connectivity index (χ1v) is 8.64. The molecule has 0 unspecified atom stereocenters. The van der Waals surface area contributed by atoms with Crippen molar-refractivity contribution in [2.24, 2.45) is 0 Å². The predicted molar refractivity (Wildman–Crippen MR) is 89.1 cm³/mol. The molecule has 2 N–H and O–H groups in total. The molecule has 0 bridgehead atoms. The van der Waals surface area contributed by atoms with Crippen LogP contribution in [-0.2, 0) is 0 Å². The molecule has 5 aromatic rings. The molecule has 23 heavy (non-hydrogen) atoms. The van der Waals surface area contributed by atoms with Crippen molar-refractivity contribution >= 4 is 36.8 Å². The average molecular weight is 365 g/mol. The van der Waals surface area contributed by atoms with Gasteiger partial charge >= 0.3 is 136 Å². The van der Waals surface area contributed by atoms with Crippen LogP contribution in [0.15, 0.2) is 48.8 Å². The van der Waals surface area contributed by atoms with Gasteiger partial charge in [0.2, 0.25) is 0 Å². The molecule has 5 rings (SSSR count). The SMILES string of the molecule is c1ccc2c(-c3cc[nH]n3)c3n[se]nc3c(-c3cc[nH]n3)c2c1. The summed E-state index contributed by atoms with van der Waals surface area (Å²) in [5.41, 5.74) is 5.71. The standard InChI is InChI=1S/C16H10N6Se/c1-2-4-10-9(3-1)13(11-5-7-17-19-11)15-16(22-23-21-15)14(10)12-6-8-18-20-12/h1-8H,(H,17,19)(H,18,20). The number of aromatic nitrogens is 6. The Labute approximate surface area is 136 Å². The number of hydrogen-bond donors (Lipinski definition) is 2. The van der Waals surface area contributed by atoms with Crippen molar-refractivity contribution in [2.45, 2.75) is 0 Å². The van der Waals surface area contributed by atoms with Crippen molar-refractivity contribution in [3.63, 3.8) is 0 Å². The van der Waals surface area contributed by atoms with E-state index in [0.717, 1.165) is 44.3 Å². The van der Waals surface area contributed by atoms with Gasteiger partial charge in [-0.2, -0.15) is 0 Å². The van der Waals surface area contributed by atoms with Crippen LogP contribution in [0.4, 0.5) is 0 Å². The van der Waals surface area contributed by atoms with Crippen LogP contribution >= 0.6 is 0 Å². The summed E-state index contributed by atoms with van der Waals surface area (Å²) in [4.78, 5) is 0. The number of fused-ring (bicyclic) bond motifs is 2. The molecule has 0 amide bonds. The average Bonchev–Trinajstić information content (AvgIpc) is 3.33. The maximum atomic E-state index is 4.68. The molecule has 0 aliphatic carbocycles. The second-order valence-electron chi connectivity index (χ2n) is 5.18. The fourth-order valence-corrected chi connectivity index (χ4v) is 4.18. The molecule has 0 saturated carbocycles. The van der Waals surface area contributed by atoms with E-state index < -0.39 is 0 Å². The van der Waals surface area contributed by atoms with E-state index in [4.69, 9.17) is 0 Å². The Morgan fingerprint density at radius 1 is 0.696 bits per heavy atom. The predicted octanol–water partition coefficient (Wildman–Crippen LogP) is 2.62. The van der Waals surface area contributed by atoms with Gasteiger partial charge in [0.25, 0.3) is 0 Å². The summed E-state index contributed by atoms with van der Waals surface area (Å²) in [5.74, 6) is 0. The Hall–Kier alpha value is -2.76. The third-order valence-electron chi connectivity index (χ3n) is 3.94. The molecule has 3 aromatic heterocycles.